The predicted molar refractivity (Wildman–Crippen MR) is 94.4 cm³/mol. The van der Waals surface area contributed by atoms with Gasteiger partial charge in [-0.2, -0.15) is 9.98 Å². The molecule has 0 saturated heterocycles. The number of sulfonamides is 1. The first-order chi connectivity index (χ1) is 12.6. The van der Waals surface area contributed by atoms with Gasteiger partial charge in [-0.3, -0.25) is 14.4 Å². The van der Waals surface area contributed by atoms with Crippen molar-refractivity contribution in [2.45, 2.75) is 18.7 Å². The summed E-state index contributed by atoms with van der Waals surface area (Å²) in [5.74, 6) is -2.10. The third-order valence-electron chi connectivity index (χ3n) is 3.04. The van der Waals surface area contributed by atoms with Crippen LogP contribution < -0.4 is 15.8 Å². The first kappa shape index (κ1) is 21.8. The highest BCUT2D eigenvalue weighted by Gasteiger charge is 2.18. The average molecular weight is 394 g/mol. The zero-order valence-corrected chi connectivity index (χ0v) is 15.4. The predicted octanol–water partition coefficient (Wildman–Crippen LogP) is -0.208. The molecule has 0 spiro atoms. The number of hydrogen-bond donors (Lipinski definition) is 3. The smallest absolute Gasteiger partial charge is 0.321 e. The molecule has 27 heavy (non-hydrogen) atoms. The van der Waals surface area contributed by atoms with Gasteiger partial charge in [-0.25, -0.2) is 8.42 Å². The lowest BCUT2D eigenvalue weighted by Gasteiger charge is -2.08. The Morgan fingerprint density at radius 3 is 2.26 bits per heavy atom. The molecule has 10 nitrogen and oxygen atoms in total. The van der Waals surface area contributed by atoms with Crippen molar-refractivity contribution in [3.63, 3.8) is 0 Å². The SMILES string of the molecule is CC(=O)Nc1ccc(S(=O)(=O)NCC(=O)OCC(=O)C(C#N)=C(C)N)cc1. The zero-order valence-electron chi connectivity index (χ0n) is 14.6. The number of nitrogens with zero attached hydrogens (tertiary/aromatic N) is 1. The van der Waals surface area contributed by atoms with Gasteiger partial charge in [0.25, 0.3) is 0 Å². The molecule has 0 aliphatic carbocycles. The number of hydrogen-bond acceptors (Lipinski definition) is 8. The van der Waals surface area contributed by atoms with Gasteiger partial charge in [0.05, 0.1) is 4.90 Å². The van der Waals surface area contributed by atoms with Gasteiger partial charge in [0.15, 0.2) is 6.61 Å². The van der Waals surface area contributed by atoms with Gasteiger partial charge in [-0.05, 0) is 31.2 Å². The molecule has 0 aromatic heterocycles. The number of Topliss-reactive ketones (excluding diaryl/α,β-unsaturated/α-hetero) is 1. The number of ketones is 1. The number of benzene rings is 1. The van der Waals surface area contributed by atoms with E-state index in [2.05, 4.69) is 10.1 Å². The molecular weight excluding hydrogens is 376 g/mol. The Morgan fingerprint density at radius 1 is 1.19 bits per heavy atom. The summed E-state index contributed by atoms with van der Waals surface area (Å²) in [5.41, 5.74) is 5.42. The minimum Gasteiger partial charge on any atom is -0.456 e. The second kappa shape index (κ2) is 9.46. The maximum absolute atomic E-state index is 12.1. The molecule has 1 aromatic carbocycles. The molecule has 144 valence electrons. The van der Waals surface area contributed by atoms with Gasteiger partial charge < -0.3 is 15.8 Å². The lowest BCUT2D eigenvalue weighted by atomic mass is 10.1. The molecule has 1 rings (SSSR count). The Kier molecular flexibility index (Phi) is 7.64. The van der Waals surface area contributed by atoms with Crippen LogP contribution in [-0.4, -0.2) is 39.2 Å². The monoisotopic (exact) mass is 394 g/mol. The molecular formula is C16H18N4O6S. The number of allylic oxidation sites excluding steroid dienone is 1. The number of carbonyl (C=O) groups excluding carboxylic acids is 3. The van der Waals surface area contributed by atoms with Crippen LogP contribution in [0.2, 0.25) is 0 Å². The number of carbonyl (C=O) groups is 3. The molecule has 0 heterocycles. The second-order valence-corrected chi connectivity index (χ2v) is 7.05. The molecule has 0 bridgehead atoms. The Hall–Kier alpha value is -3.23. The molecule has 0 radical (unpaired) electrons. The first-order valence-corrected chi connectivity index (χ1v) is 8.97. The molecule has 1 amide bonds. The standard InChI is InChI=1S/C16H18N4O6S/c1-10(18)14(7-17)15(22)9-26-16(23)8-19-27(24,25)13-5-3-12(4-6-13)20-11(2)21/h3-6,19H,8-9,18H2,1-2H3,(H,20,21). The van der Waals surface area contributed by atoms with Crippen molar-refractivity contribution in [1.82, 2.24) is 4.72 Å². The average Bonchev–Trinajstić information content (AvgIpc) is 2.58. The lowest BCUT2D eigenvalue weighted by molar-refractivity contribution is -0.145. The van der Waals surface area contributed by atoms with Crippen molar-refractivity contribution in [1.29, 1.82) is 5.26 Å². The normalized spacial score (nSPS) is 11.7. The Balaban J connectivity index is 2.62. The number of ether oxygens (including phenoxy) is 1. The summed E-state index contributed by atoms with van der Waals surface area (Å²) in [6.45, 7) is 1.22. The zero-order chi connectivity index (χ0) is 20.6. The van der Waals surface area contributed by atoms with Gasteiger partial charge in [0, 0.05) is 18.3 Å². The molecule has 0 aliphatic heterocycles. The minimum absolute atomic E-state index is 0.0121. The van der Waals surface area contributed by atoms with E-state index < -0.39 is 34.9 Å². The van der Waals surface area contributed by atoms with Crippen LogP contribution in [0, 0.1) is 11.3 Å². The van der Waals surface area contributed by atoms with Gasteiger partial charge >= 0.3 is 5.97 Å². The van der Waals surface area contributed by atoms with Crippen LogP contribution in [0.3, 0.4) is 0 Å². The second-order valence-electron chi connectivity index (χ2n) is 5.28. The molecule has 4 N–H and O–H groups in total. The number of anilines is 1. The van der Waals surface area contributed by atoms with E-state index in [0.717, 1.165) is 0 Å². The summed E-state index contributed by atoms with van der Waals surface area (Å²) >= 11 is 0. The Morgan fingerprint density at radius 2 is 1.78 bits per heavy atom. The molecule has 11 heteroatoms. The van der Waals surface area contributed by atoms with Crippen LogP contribution in [0.25, 0.3) is 0 Å². The number of rotatable bonds is 8. The number of nitriles is 1. The van der Waals surface area contributed by atoms with E-state index in [4.69, 9.17) is 11.0 Å². The van der Waals surface area contributed by atoms with E-state index in [0.29, 0.717) is 5.69 Å². The fourth-order valence-electron chi connectivity index (χ4n) is 1.80. The topological polar surface area (TPSA) is 168 Å². The molecule has 0 fully saturated rings. The lowest BCUT2D eigenvalue weighted by Crippen LogP contribution is -2.31. The van der Waals surface area contributed by atoms with Crippen LogP contribution in [0.5, 0.6) is 0 Å². The summed E-state index contributed by atoms with van der Waals surface area (Å²) in [6, 6.07) is 6.86. The van der Waals surface area contributed by atoms with E-state index >= 15 is 0 Å². The number of nitrogens with one attached hydrogen (secondary N) is 2. The maximum Gasteiger partial charge on any atom is 0.321 e. The van der Waals surface area contributed by atoms with E-state index in [1.54, 1.807) is 6.07 Å². The molecule has 0 atom stereocenters. The van der Waals surface area contributed by atoms with Crippen LogP contribution in [0.15, 0.2) is 40.4 Å². The highest BCUT2D eigenvalue weighted by Crippen LogP contribution is 2.13. The highest BCUT2D eigenvalue weighted by atomic mass is 32.2. The highest BCUT2D eigenvalue weighted by molar-refractivity contribution is 7.89. The molecule has 1 aromatic rings. The summed E-state index contributed by atoms with van der Waals surface area (Å²) in [7, 11) is -4.00. The van der Waals surface area contributed by atoms with Gasteiger partial charge in [0.2, 0.25) is 21.7 Å². The van der Waals surface area contributed by atoms with Gasteiger partial charge in [0.1, 0.15) is 18.2 Å². The van der Waals surface area contributed by atoms with Crippen molar-refractivity contribution in [3.05, 3.63) is 35.5 Å². The molecule has 0 aliphatic rings. The third kappa shape index (κ3) is 6.89. The minimum atomic E-state index is -4.00. The van der Waals surface area contributed by atoms with Crippen LogP contribution in [-0.2, 0) is 29.1 Å². The largest absolute Gasteiger partial charge is 0.456 e. The number of esters is 1. The van der Waals surface area contributed by atoms with Crippen LogP contribution >= 0.6 is 0 Å². The van der Waals surface area contributed by atoms with Crippen molar-refractivity contribution in [2.24, 2.45) is 5.73 Å². The first-order valence-electron chi connectivity index (χ1n) is 7.49. The van der Waals surface area contributed by atoms with E-state index in [9.17, 15) is 22.8 Å². The fourth-order valence-corrected chi connectivity index (χ4v) is 2.77. The van der Waals surface area contributed by atoms with Crippen molar-refractivity contribution in [3.8, 4) is 6.07 Å². The van der Waals surface area contributed by atoms with E-state index in [1.807, 2.05) is 4.72 Å². The van der Waals surface area contributed by atoms with Gasteiger partial charge in [-0.15, -0.1) is 0 Å². The summed E-state index contributed by atoms with van der Waals surface area (Å²) < 4.78 is 30.9. The van der Waals surface area contributed by atoms with E-state index in [1.165, 1.54) is 38.1 Å². The van der Waals surface area contributed by atoms with E-state index in [-0.39, 0.29) is 22.1 Å². The van der Waals surface area contributed by atoms with Crippen LogP contribution in [0.1, 0.15) is 13.8 Å². The molecule has 0 unspecified atom stereocenters. The van der Waals surface area contributed by atoms with Crippen LogP contribution in [0.4, 0.5) is 5.69 Å². The fraction of sp³-hybridized carbons (Fsp3) is 0.250. The summed E-state index contributed by atoms with van der Waals surface area (Å²) in [4.78, 5) is 34.1. The maximum atomic E-state index is 12.1. The van der Waals surface area contributed by atoms with Gasteiger partial charge in [-0.1, -0.05) is 0 Å². The number of amides is 1. The number of nitrogens with two attached hydrogens (primary N) is 1. The quantitative estimate of drug-likeness (QED) is 0.309. The Labute approximate surface area is 156 Å². The van der Waals surface area contributed by atoms with Crippen molar-refractivity contribution >= 4 is 33.4 Å². The summed E-state index contributed by atoms with van der Waals surface area (Å²) in [6.07, 6.45) is 0. The van der Waals surface area contributed by atoms with Crippen molar-refractivity contribution < 1.29 is 27.5 Å². The van der Waals surface area contributed by atoms with Crippen molar-refractivity contribution in [2.75, 3.05) is 18.5 Å². The third-order valence-corrected chi connectivity index (χ3v) is 4.46. The summed E-state index contributed by atoms with van der Waals surface area (Å²) in [5, 5.41) is 11.3. The molecule has 0 saturated carbocycles. The Bertz CT molecular complexity index is 909.